The van der Waals surface area contributed by atoms with Crippen LogP contribution in [-0.4, -0.2) is 20.7 Å². The largest absolute Gasteiger partial charge is 0.423 e. The molecule has 0 aliphatic heterocycles. The smallest absolute Gasteiger partial charge is 0.247 e. The molecule has 0 unspecified atom stereocenters. The summed E-state index contributed by atoms with van der Waals surface area (Å²) in [6.45, 7) is 0. The first-order valence-corrected chi connectivity index (χ1v) is 8.17. The van der Waals surface area contributed by atoms with Crippen LogP contribution < -0.4 is 5.32 Å². The summed E-state index contributed by atoms with van der Waals surface area (Å²) >= 11 is 0. The van der Waals surface area contributed by atoms with Crippen LogP contribution in [-0.2, 0) is 11.2 Å². The van der Waals surface area contributed by atoms with Crippen LogP contribution in [0.3, 0.4) is 0 Å². The molecule has 0 atom stereocenters. The molecule has 6 heteroatoms. The van der Waals surface area contributed by atoms with Gasteiger partial charge in [-0.05, 0) is 48.0 Å². The van der Waals surface area contributed by atoms with Crippen LogP contribution in [0.5, 0.6) is 0 Å². The molecule has 1 N–H and O–H groups in total. The molecule has 26 heavy (non-hydrogen) atoms. The van der Waals surface area contributed by atoms with Crippen molar-refractivity contribution < 1.29 is 9.21 Å². The lowest BCUT2D eigenvalue weighted by molar-refractivity contribution is -0.115. The third-order valence-corrected chi connectivity index (χ3v) is 3.96. The van der Waals surface area contributed by atoms with E-state index in [0.29, 0.717) is 18.0 Å². The van der Waals surface area contributed by atoms with Gasteiger partial charge in [-0.3, -0.25) is 4.79 Å². The lowest BCUT2D eigenvalue weighted by Crippen LogP contribution is -2.14. The molecule has 4 rings (SSSR count). The monoisotopic (exact) mass is 344 g/mol. The maximum absolute atomic E-state index is 12.3. The van der Waals surface area contributed by atoms with Gasteiger partial charge in [-0.1, -0.05) is 18.2 Å². The Bertz CT molecular complexity index is 991. The first-order valence-electron chi connectivity index (χ1n) is 8.17. The van der Waals surface area contributed by atoms with E-state index in [1.54, 1.807) is 6.07 Å². The molecule has 4 aromatic rings. The van der Waals surface area contributed by atoms with E-state index >= 15 is 0 Å². The first-order chi connectivity index (χ1) is 12.8. The van der Waals surface area contributed by atoms with Gasteiger partial charge in [0.2, 0.25) is 18.2 Å². The van der Waals surface area contributed by atoms with Gasteiger partial charge in [-0.15, -0.1) is 10.2 Å². The molecule has 0 radical (unpaired) electrons. The topological polar surface area (TPSA) is 73.0 Å². The highest BCUT2D eigenvalue weighted by Crippen LogP contribution is 2.20. The summed E-state index contributed by atoms with van der Waals surface area (Å²) in [6, 6.07) is 19.2. The van der Waals surface area contributed by atoms with E-state index in [4.69, 9.17) is 4.42 Å². The molecule has 0 aliphatic rings. The number of anilines is 1. The minimum Gasteiger partial charge on any atom is -0.423 e. The molecule has 0 bridgehead atoms. The molecule has 0 saturated heterocycles. The summed E-state index contributed by atoms with van der Waals surface area (Å²) in [6.07, 6.45) is 5.55. The second-order valence-corrected chi connectivity index (χ2v) is 5.81. The van der Waals surface area contributed by atoms with Gasteiger partial charge in [0.05, 0.1) is 6.42 Å². The number of hydrogen-bond donors (Lipinski definition) is 1. The van der Waals surface area contributed by atoms with Gasteiger partial charge in [0.25, 0.3) is 0 Å². The zero-order valence-corrected chi connectivity index (χ0v) is 13.9. The average molecular weight is 344 g/mol. The molecule has 0 fully saturated rings. The summed E-state index contributed by atoms with van der Waals surface area (Å²) < 4.78 is 7.20. The second-order valence-electron chi connectivity index (χ2n) is 5.81. The van der Waals surface area contributed by atoms with Gasteiger partial charge in [-0.25, -0.2) is 0 Å². The van der Waals surface area contributed by atoms with Crippen LogP contribution in [0.15, 0.2) is 83.9 Å². The molecule has 6 nitrogen and oxygen atoms in total. The molecule has 2 aromatic heterocycles. The maximum atomic E-state index is 12.3. The quantitative estimate of drug-likeness (QED) is 0.599. The number of hydrogen-bond acceptors (Lipinski definition) is 4. The molecular formula is C20H16N4O2. The summed E-state index contributed by atoms with van der Waals surface area (Å²) in [5.41, 5.74) is 3.46. The number of carbonyl (C=O) groups excluding carboxylic acids is 1. The van der Waals surface area contributed by atoms with Gasteiger partial charge in [0, 0.05) is 29.3 Å². The predicted octanol–water partition coefficient (Wildman–Crippen LogP) is 3.71. The van der Waals surface area contributed by atoms with Crippen molar-refractivity contribution in [3.63, 3.8) is 0 Å². The van der Waals surface area contributed by atoms with Crippen molar-refractivity contribution in [2.75, 3.05) is 5.32 Å². The van der Waals surface area contributed by atoms with E-state index in [2.05, 4.69) is 15.5 Å². The molecule has 2 aromatic carbocycles. The van der Waals surface area contributed by atoms with Gasteiger partial charge in [0.15, 0.2) is 0 Å². The van der Waals surface area contributed by atoms with Crippen LogP contribution >= 0.6 is 0 Å². The van der Waals surface area contributed by atoms with Crippen molar-refractivity contribution in [1.82, 2.24) is 14.8 Å². The molecule has 0 saturated carbocycles. The zero-order chi connectivity index (χ0) is 17.8. The summed E-state index contributed by atoms with van der Waals surface area (Å²) in [7, 11) is 0. The van der Waals surface area contributed by atoms with E-state index in [0.717, 1.165) is 16.8 Å². The zero-order valence-electron chi connectivity index (χ0n) is 13.9. The van der Waals surface area contributed by atoms with E-state index in [-0.39, 0.29) is 5.91 Å². The van der Waals surface area contributed by atoms with Gasteiger partial charge < -0.3 is 14.3 Å². The van der Waals surface area contributed by atoms with Gasteiger partial charge in [-0.2, -0.15) is 0 Å². The van der Waals surface area contributed by atoms with Gasteiger partial charge >= 0.3 is 0 Å². The molecule has 2 heterocycles. The molecule has 1 amide bonds. The fourth-order valence-corrected chi connectivity index (χ4v) is 2.71. The standard InChI is InChI=1S/C20H16N4O2/c25-19(12-15-6-8-18(9-7-15)24-10-1-2-11-24)22-17-5-3-4-16(13-17)20-23-21-14-26-20/h1-11,13-14H,12H2,(H,22,25). The number of nitrogens with one attached hydrogen (secondary N) is 1. The molecule has 0 spiro atoms. The van der Waals surface area contributed by atoms with Crippen LogP contribution in [0.4, 0.5) is 5.69 Å². The van der Waals surface area contributed by atoms with Crippen LogP contribution in [0.2, 0.25) is 0 Å². The number of carbonyl (C=O) groups is 1. The van der Waals surface area contributed by atoms with Crippen LogP contribution in [0, 0.1) is 0 Å². The highest BCUT2D eigenvalue weighted by atomic mass is 16.4. The number of nitrogens with zero attached hydrogens (tertiary/aromatic N) is 3. The van der Waals surface area contributed by atoms with Gasteiger partial charge in [0.1, 0.15) is 0 Å². The van der Waals surface area contributed by atoms with Crippen molar-refractivity contribution in [3.05, 3.63) is 85.0 Å². The number of benzene rings is 2. The van der Waals surface area contributed by atoms with Crippen molar-refractivity contribution in [1.29, 1.82) is 0 Å². The Balaban J connectivity index is 1.42. The van der Waals surface area contributed by atoms with Crippen molar-refractivity contribution in [2.45, 2.75) is 6.42 Å². The fraction of sp³-hybridized carbons (Fsp3) is 0.0500. The summed E-state index contributed by atoms with van der Waals surface area (Å²) in [4.78, 5) is 12.3. The third-order valence-electron chi connectivity index (χ3n) is 3.96. The van der Waals surface area contributed by atoms with Crippen molar-refractivity contribution in [3.8, 4) is 17.1 Å². The Labute approximate surface area is 150 Å². The van der Waals surface area contributed by atoms with Crippen LogP contribution in [0.25, 0.3) is 17.1 Å². The first kappa shape index (κ1) is 15.8. The lowest BCUT2D eigenvalue weighted by Gasteiger charge is -2.08. The van der Waals surface area contributed by atoms with E-state index in [9.17, 15) is 4.79 Å². The summed E-state index contributed by atoms with van der Waals surface area (Å²) in [5, 5.41) is 10.4. The number of aromatic nitrogens is 3. The highest BCUT2D eigenvalue weighted by molar-refractivity contribution is 5.92. The fourth-order valence-electron chi connectivity index (χ4n) is 2.71. The Hall–Kier alpha value is -3.67. The Morgan fingerprint density at radius 2 is 1.85 bits per heavy atom. The normalized spacial score (nSPS) is 10.6. The Kier molecular flexibility index (Phi) is 4.30. The number of rotatable bonds is 5. The van der Waals surface area contributed by atoms with Crippen LogP contribution in [0.1, 0.15) is 5.56 Å². The van der Waals surface area contributed by atoms with E-state index < -0.39 is 0 Å². The average Bonchev–Trinajstić information content (AvgIpc) is 3.37. The third kappa shape index (κ3) is 3.54. The molecular weight excluding hydrogens is 328 g/mol. The lowest BCUT2D eigenvalue weighted by atomic mass is 10.1. The van der Waals surface area contributed by atoms with Crippen molar-refractivity contribution >= 4 is 11.6 Å². The van der Waals surface area contributed by atoms with E-state index in [1.807, 2.05) is 71.6 Å². The minimum atomic E-state index is -0.0820. The predicted molar refractivity (Wildman–Crippen MR) is 97.8 cm³/mol. The number of amides is 1. The molecule has 0 aliphatic carbocycles. The minimum absolute atomic E-state index is 0.0820. The Morgan fingerprint density at radius 1 is 1.04 bits per heavy atom. The maximum Gasteiger partial charge on any atom is 0.247 e. The summed E-state index contributed by atoms with van der Waals surface area (Å²) in [5.74, 6) is 0.336. The van der Waals surface area contributed by atoms with Crippen molar-refractivity contribution in [2.24, 2.45) is 0 Å². The highest BCUT2D eigenvalue weighted by Gasteiger charge is 2.08. The Morgan fingerprint density at radius 3 is 2.58 bits per heavy atom. The SMILES string of the molecule is O=C(Cc1ccc(-n2cccc2)cc1)Nc1cccc(-c2nnco2)c1. The molecule has 128 valence electrons. The van der Waals surface area contributed by atoms with E-state index in [1.165, 1.54) is 6.39 Å². The second kappa shape index (κ2) is 7.06.